The summed E-state index contributed by atoms with van der Waals surface area (Å²) in [6.45, 7) is 4.34. The number of rotatable bonds is 3. The third kappa shape index (κ3) is 3.89. The maximum atomic E-state index is 6.39. The number of hydrogen-bond donors (Lipinski definition) is 0. The first-order valence-electron chi connectivity index (χ1n) is 14.3. The molecule has 212 valence electrons. The van der Waals surface area contributed by atoms with Crippen molar-refractivity contribution in [3.8, 4) is 22.6 Å². The number of para-hydroxylation sites is 1. The van der Waals surface area contributed by atoms with E-state index in [1.807, 2.05) is 36.9 Å². The molecular weight excluding hydrogens is 724 g/mol. The zero-order valence-corrected chi connectivity index (χ0v) is 26.2. The van der Waals surface area contributed by atoms with Gasteiger partial charge in [0.25, 0.3) is 0 Å². The average Bonchev–Trinajstić information content (AvgIpc) is 3.73. The summed E-state index contributed by atoms with van der Waals surface area (Å²) in [5, 5.41) is 6.30. The van der Waals surface area contributed by atoms with Crippen LogP contribution in [0.2, 0.25) is 0 Å². The summed E-state index contributed by atoms with van der Waals surface area (Å²) in [5.41, 5.74) is 8.94. The Balaban J connectivity index is 0.00000289. The fraction of sp³-hybridized carbons (Fsp3) is 0.0526. The molecule has 0 aliphatic heterocycles. The third-order valence-corrected chi connectivity index (χ3v) is 8.56. The van der Waals surface area contributed by atoms with E-state index in [0.29, 0.717) is 11.5 Å². The van der Waals surface area contributed by atoms with E-state index in [1.54, 1.807) is 0 Å². The summed E-state index contributed by atoms with van der Waals surface area (Å²) < 4.78 is 10.6. The fourth-order valence-corrected chi connectivity index (χ4v) is 6.65. The van der Waals surface area contributed by atoms with Gasteiger partial charge in [-0.2, -0.15) is 0 Å². The minimum atomic E-state index is 0. The van der Waals surface area contributed by atoms with Gasteiger partial charge in [-0.3, -0.25) is 9.97 Å². The monoisotopic (exact) mass is 747 g/mol. The number of imidazole rings is 2. The summed E-state index contributed by atoms with van der Waals surface area (Å²) in [5.74, 6) is 1.22. The Morgan fingerprint density at radius 2 is 1.16 bits per heavy atom. The van der Waals surface area contributed by atoms with Crippen LogP contribution in [0.25, 0.3) is 65.8 Å². The molecule has 0 N–H and O–H groups in total. The molecule has 0 saturated heterocycles. The molecule has 0 fully saturated rings. The summed E-state index contributed by atoms with van der Waals surface area (Å²) >= 11 is 0. The molecule has 5 aromatic carbocycles. The van der Waals surface area contributed by atoms with Gasteiger partial charge in [0.1, 0.15) is 0 Å². The summed E-state index contributed by atoms with van der Waals surface area (Å²) in [6, 6.07) is 36.7. The van der Waals surface area contributed by atoms with Crippen LogP contribution in [-0.2, 0) is 21.1 Å². The molecule has 9 aromatic rings. The minimum absolute atomic E-state index is 0. The van der Waals surface area contributed by atoms with E-state index in [1.165, 1.54) is 22.3 Å². The van der Waals surface area contributed by atoms with E-state index in [4.69, 9.17) is 9.72 Å². The number of ether oxygens (including phenoxy) is 1. The molecule has 0 aliphatic rings. The van der Waals surface area contributed by atoms with E-state index in [-0.39, 0.29) is 21.1 Å². The second-order valence-electron chi connectivity index (χ2n) is 11.1. The summed E-state index contributed by atoms with van der Waals surface area (Å²) in [4.78, 5) is 9.37. The van der Waals surface area contributed by atoms with Crippen LogP contribution in [0.1, 0.15) is 11.1 Å². The van der Waals surface area contributed by atoms with E-state index in [2.05, 4.69) is 113 Å². The zero-order valence-electron chi connectivity index (χ0n) is 23.9. The molecule has 0 unspecified atom stereocenters. The number of benzene rings is 5. The normalized spacial score (nSPS) is 11.7. The molecule has 0 saturated carbocycles. The van der Waals surface area contributed by atoms with Crippen molar-refractivity contribution in [3.63, 3.8) is 0 Å². The van der Waals surface area contributed by atoms with E-state index >= 15 is 0 Å². The predicted octanol–water partition coefficient (Wildman–Crippen LogP) is 9.27. The smallest absolute Gasteiger partial charge is 0.497 e. The molecular formula is C38H24N4OPt. The molecule has 0 atom stereocenters. The SMILES string of the molecule is Cc1cccc(C)c1-c1ccc2c3ccc(Oc4[c-]c5c(cc4)c4ccccc4n4ccnc54)[c-]c3c3nccn3c2c1.[Pt+2]. The van der Waals surface area contributed by atoms with Gasteiger partial charge >= 0.3 is 21.1 Å². The van der Waals surface area contributed by atoms with Crippen LogP contribution in [0.5, 0.6) is 11.5 Å². The van der Waals surface area contributed by atoms with Gasteiger partial charge < -0.3 is 13.5 Å². The van der Waals surface area contributed by atoms with Gasteiger partial charge in [-0.15, -0.1) is 12.1 Å². The largest absolute Gasteiger partial charge is 2.00 e. The van der Waals surface area contributed by atoms with Crippen molar-refractivity contribution in [3.05, 3.63) is 133 Å². The van der Waals surface area contributed by atoms with Crippen LogP contribution in [0.4, 0.5) is 0 Å². The summed E-state index contributed by atoms with van der Waals surface area (Å²) in [6.07, 6.45) is 7.67. The Bertz CT molecular complexity index is 2560. The molecule has 6 heteroatoms. The maximum Gasteiger partial charge on any atom is 2.00 e. The van der Waals surface area contributed by atoms with Crippen LogP contribution in [0.15, 0.2) is 110 Å². The molecule has 4 heterocycles. The fourth-order valence-electron chi connectivity index (χ4n) is 6.65. The molecule has 0 radical (unpaired) electrons. The number of nitrogens with zero attached hydrogens (tertiary/aromatic N) is 4. The standard InChI is InChI=1S/C38H24N4O.Pt/c1-23-6-5-7-24(2)36(23)25-10-13-31-29-15-12-27(22-33(29)38-40-17-19-42(38)35(31)20-25)43-26-11-14-28-30-8-3-4-9-34(30)41-18-16-39-37(41)32(28)21-26;/h3-20H,1-2H3;/q-2;+2. The van der Waals surface area contributed by atoms with Gasteiger partial charge in [0.15, 0.2) is 0 Å². The Labute approximate surface area is 267 Å². The maximum absolute atomic E-state index is 6.39. The van der Waals surface area contributed by atoms with Crippen molar-refractivity contribution in [2.75, 3.05) is 0 Å². The molecule has 5 nitrogen and oxygen atoms in total. The topological polar surface area (TPSA) is 43.8 Å². The molecule has 0 aliphatic carbocycles. The van der Waals surface area contributed by atoms with Crippen molar-refractivity contribution in [2.45, 2.75) is 13.8 Å². The predicted molar refractivity (Wildman–Crippen MR) is 173 cm³/mol. The van der Waals surface area contributed by atoms with Gasteiger partial charge in [0.2, 0.25) is 0 Å². The zero-order chi connectivity index (χ0) is 28.7. The Kier molecular flexibility index (Phi) is 6.07. The van der Waals surface area contributed by atoms with Crippen LogP contribution in [0.3, 0.4) is 0 Å². The quantitative estimate of drug-likeness (QED) is 0.134. The van der Waals surface area contributed by atoms with Crippen molar-refractivity contribution < 1.29 is 25.8 Å². The first-order valence-corrected chi connectivity index (χ1v) is 14.3. The summed E-state index contributed by atoms with van der Waals surface area (Å²) in [7, 11) is 0. The number of fused-ring (bicyclic) bond motifs is 12. The first-order chi connectivity index (χ1) is 21.1. The number of aromatic nitrogens is 4. The van der Waals surface area contributed by atoms with Crippen molar-refractivity contribution in [1.82, 2.24) is 18.8 Å². The van der Waals surface area contributed by atoms with Crippen molar-refractivity contribution in [1.29, 1.82) is 0 Å². The van der Waals surface area contributed by atoms with Gasteiger partial charge in [-0.05, 0) is 59.0 Å². The molecule has 4 aromatic heterocycles. The van der Waals surface area contributed by atoms with Crippen LogP contribution >= 0.6 is 0 Å². The van der Waals surface area contributed by atoms with Crippen LogP contribution < -0.4 is 4.74 Å². The number of pyridine rings is 2. The molecule has 0 spiro atoms. The third-order valence-electron chi connectivity index (χ3n) is 8.56. The van der Waals surface area contributed by atoms with Crippen molar-refractivity contribution in [2.24, 2.45) is 0 Å². The second-order valence-corrected chi connectivity index (χ2v) is 11.1. The van der Waals surface area contributed by atoms with Gasteiger partial charge in [0, 0.05) is 47.3 Å². The van der Waals surface area contributed by atoms with Crippen LogP contribution in [-0.4, -0.2) is 18.8 Å². The van der Waals surface area contributed by atoms with Gasteiger partial charge in [-0.25, -0.2) is 0 Å². The molecule has 0 amide bonds. The number of hydrogen-bond acceptors (Lipinski definition) is 3. The van der Waals surface area contributed by atoms with E-state index < -0.39 is 0 Å². The van der Waals surface area contributed by atoms with E-state index in [9.17, 15) is 0 Å². The second kappa shape index (κ2) is 10.0. The van der Waals surface area contributed by atoms with Gasteiger partial charge in [-0.1, -0.05) is 94.3 Å². The average molecular weight is 748 g/mol. The Morgan fingerprint density at radius 3 is 1.82 bits per heavy atom. The van der Waals surface area contributed by atoms with Gasteiger partial charge in [0.05, 0.1) is 11.3 Å². The first kappa shape index (κ1) is 26.6. The van der Waals surface area contributed by atoms with E-state index in [0.717, 1.165) is 54.6 Å². The number of aryl methyl sites for hydroxylation is 2. The minimum Gasteiger partial charge on any atom is -0.497 e. The Hall–Kier alpha value is -4.99. The molecule has 9 rings (SSSR count). The van der Waals surface area contributed by atoms with Crippen molar-refractivity contribution >= 4 is 54.6 Å². The molecule has 0 bridgehead atoms. The van der Waals surface area contributed by atoms with Crippen LogP contribution in [0, 0.1) is 26.0 Å². The molecule has 44 heavy (non-hydrogen) atoms. The Morgan fingerprint density at radius 1 is 0.591 bits per heavy atom.